The normalized spacial score (nSPS) is 11.1. The van der Waals surface area contributed by atoms with E-state index in [1.165, 1.54) is 6.92 Å². The zero-order valence-electron chi connectivity index (χ0n) is 12.3. The summed E-state index contributed by atoms with van der Waals surface area (Å²) in [5, 5.41) is 4.88. The molecule has 0 aliphatic rings. The van der Waals surface area contributed by atoms with Gasteiger partial charge < -0.3 is 20.1 Å². The second-order valence-electron chi connectivity index (χ2n) is 3.86. The van der Waals surface area contributed by atoms with Gasteiger partial charge >= 0.3 is 18.0 Å². The van der Waals surface area contributed by atoms with Crippen molar-refractivity contribution in [2.45, 2.75) is 19.9 Å². The Labute approximate surface area is 128 Å². The smallest absolute Gasteiger partial charge is 0.330 e. The Bertz CT molecular complexity index is 362. The van der Waals surface area contributed by atoms with Crippen LogP contribution in [0.2, 0.25) is 0 Å². The van der Waals surface area contributed by atoms with Crippen LogP contribution in [-0.2, 0) is 19.1 Å². The van der Waals surface area contributed by atoms with Crippen molar-refractivity contribution in [3.05, 3.63) is 12.7 Å². The fourth-order valence-electron chi connectivity index (χ4n) is 1.15. The number of urea groups is 1. The van der Waals surface area contributed by atoms with E-state index in [0.29, 0.717) is 6.61 Å². The zero-order valence-corrected chi connectivity index (χ0v) is 13.2. The number of carbonyl (C=O) groups excluding carboxylic acids is 3. The molecule has 0 aromatic carbocycles. The van der Waals surface area contributed by atoms with Crippen molar-refractivity contribution in [2.24, 2.45) is 0 Å². The Morgan fingerprint density at radius 3 is 2.62 bits per heavy atom. The first-order valence-electron chi connectivity index (χ1n) is 6.59. The van der Waals surface area contributed by atoms with Crippen molar-refractivity contribution in [2.75, 3.05) is 31.3 Å². The Morgan fingerprint density at radius 2 is 2.00 bits per heavy atom. The molecule has 1 unspecified atom stereocenters. The van der Waals surface area contributed by atoms with Gasteiger partial charge in [-0.25, -0.2) is 14.4 Å². The summed E-state index contributed by atoms with van der Waals surface area (Å²) >= 11 is 1.67. The predicted octanol–water partition coefficient (Wildman–Crippen LogP) is 0.700. The standard InChI is InChI=1S/C13H22N2O5S/c1-4-11(16)19-7-6-14-13(18)15-10(3)12(17)20-8-9-21-5-2/h4,10H,1,5-9H2,2-3H3,(H2,14,15,18). The summed E-state index contributed by atoms with van der Waals surface area (Å²) < 4.78 is 9.67. The lowest BCUT2D eigenvalue weighted by Gasteiger charge is -2.14. The predicted molar refractivity (Wildman–Crippen MR) is 81.1 cm³/mol. The van der Waals surface area contributed by atoms with Crippen molar-refractivity contribution < 1.29 is 23.9 Å². The molecule has 0 saturated heterocycles. The van der Waals surface area contributed by atoms with Crippen LogP contribution in [0.15, 0.2) is 12.7 Å². The molecule has 1 atom stereocenters. The van der Waals surface area contributed by atoms with Crippen molar-refractivity contribution >= 4 is 29.7 Å². The minimum atomic E-state index is -0.743. The van der Waals surface area contributed by atoms with Crippen LogP contribution in [0.3, 0.4) is 0 Å². The molecule has 0 bridgehead atoms. The summed E-state index contributed by atoms with van der Waals surface area (Å²) in [4.78, 5) is 33.7. The fraction of sp³-hybridized carbons (Fsp3) is 0.615. The first-order chi connectivity index (χ1) is 10.0. The topological polar surface area (TPSA) is 93.7 Å². The summed E-state index contributed by atoms with van der Waals surface area (Å²) in [6, 6.07) is -1.27. The fourth-order valence-corrected chi connectivity index (χ4v) is 1.64. The number of hydrogen-bond acceptors (Lipinski definition) is 6. The maximum absolute atomic E-state index is 11.5. The van der Waals surface area contributed by atoms with Gasteiger partial charge in [0.05, 0.1) is 6.54 Å². The van der Waals surface area contributed by atoms with E-state index in [9.17, 15) is 14.4 Å². The first-order valence-corrected chi connectivity index (χ1v) is 7.74. The highest BCUT2D eigenvalue weighted by Crippen LogP contribution is 1.98. The van der Waals surface area contributed by atoms with Crippen LogP contribution < -0.4 is 10.6 Å². The van der Waals surface area contributed by atoms with Crippen LogP contribution in [0.1, 0.15) is 13.8 Å². The number of nitrogens with one attached hydrogen (secondary N) is 2. The molecule has 2 amide bonds. The summed E-state index contributed by atoms with van der Waals surface area (Å²) in [5.74, 6) is 0.652. The Balaban J connectivity index is 3.74. The maximum atomic E-state index is 11.5. The van der Waals surface area contributed by atoms with E-state index < -0.39 is 24.0 Å². The van der Waals surface area contributed by atoms with E-state index in [4.69, 9.17) is 4.74 Å². The third kappa shape index (κ3) is 10.7. The number of thioether (sulfide) groups is 1. The van der Waals surface area contributed by atoms with E-state index in [-0.39, 0.29) is 13.2 Å². The highest BCUT2D eigenvalue weighted by atomic mass is 32.2. The largest absolute Gasteiger partial charge is 0.463 e. The molecule has 0 rings (SSSR count). The first kappa shape index (κ1) is 19.3. The molecular formula is C13H22N2O5S. The summed E-state index contributed by atoms with van der Waals surface area (Å²) in [6.07, 6.45) is 1.04. The lowest BCUT2D eigenvalue weighted by atomic mass is 10.3. The molecule has 2 N–H and O–H groups in total. The van der Waals surface area contributed by atoms with Crippen LogP contribution in [0.5, 0.6) is 0 Å². The average Bonchev–Trinajstić information content (AvgIpc) is 2.47. The molecule has 120 valence electrons. The van der Waals surface area contributed by atoms with Crippen molar-refractivity contribution in [3.8, 4) is 0 Å². The molecule has 8 heteroatoms. The van der Waals surface area contributed by atoms with E-state index in [1.807, 2.05) is 6.92 Å². The second-order valence-corrected chi connectivity index (χ2v) is 5.25. The highest BCUT2D eigenvalue weighted by molar-refractivity contribution is 7.99. The van der Waals surface area contributed by atoms with Crippen LogP contribution >= 0.6 is 11.8 Å². The molecule has 0 aliphatic carbocycles. The van der Waals surface area contributed by atoms with Crippen molar-refractivity contribution in [1.29, 1.82) is 0 Å². The summed E-state index contributed by atoms with van der Waals surface area (Å²) in [5.41, 5.74) is 0. The summed E-state index contributed by atoms with van der Waals surface area (Å²) in [6.45, 7) is 7.29. The van der Waals surface area contributed by atoms with Crippen LogP contribution in [0, 0.1) is 0 Å². The molecule has 0 fully saturated rings. The van der Waals surface area contributed by atoms with E-state index in [0.717, 1.165) is 17.6 Å². The molecule has 21 heavy (non-hydrogen) atoms. The van der Waals surface area contributed by atoms with Crippen LogP contribution in [0.25, 0.3) is 0 Å². The number of hydrogen-bond donors (Lipinski definition) is 2. The van der Waals surface area contributed by atoms with Gasteiger partial charge in [0.1, 0.15) is 19.3 Å². The van der Waals surface area contributed by atoms with Crippen LogP contribution in [0.4, 0.5) is 4.79 Å². The molecule has 0 aliphatic heterocycles. The minimum Gasteiger partial charge on any atom is -0.463 e. The Kier molecular flexibility index (Phi) is 11.1. The Hall–Kier alpha value is -1.70. The Morgan fingerprint density at radius 1 is 1.29 bits per heavy atom. The van der Waals surface area contributed by atoms with E-state index >= 15 is 0 Å². The lowest BCUT2D eigenvalue weighted by Crippen LogP contribution is -2.46. The number of esters is 2. The van der Waals surface area contributed by atoms with Gasteiger partial charge in [0.15, 0.2) is 0 Å². The number of amides is 2. The molecule has 0 radical (unpaired) electrons. The molecule has 0 heterocycles. The molecule has 0 saturated carbocycles. The van der Waals surface area contributed by atoms with Gasteiger partial charge in [-0.05, 0) is 12.7 Å². The lowest BCUT2D eigenvalue weighted by molar-refractivity contribution is -0.144. The molecular weight excluding hydrogens is 296 g/mol. The maximum Gasteiger partial charge on any atom is 0.330 e. The van der Waals surface area contributed by atoms with E-state index in [2.05, 4.69) is 21.9 Å². The van der Waals surface area contributed by atoms with Gasteiger partial charge in [-0.15, -0.1) is 0 Å². The van der Waals surface area contributed by atoms with Gasteiger partial charge in [0.2, 0.25) is 0 Å². The van der Waals surface area contributed by atoms with Crippen LogP contribution in [-0.4, -0.2) is 55.3 Å². The SMILES string of the molecule is C=CC(=O)OCCNC(=O)NC(C)C(=O)OCCSCC. The minimum absolute atomic E-state index is 0.0331. The highest BCUT2D eigenvalue weighted by Gasteiger charge is 2.16. The average molecular weight is 318 g/mol. The zero-order chi connectivity index (χ0) is 16.1. The number of carbonyl (C=O) groups is 3. The van der Waals surface area contributed by atoms with Crippen molar-refractivity contribution in [1.82, 2.24) is 10.6 Å². The van der Waals surface area contributed by atoms with Gasteiger partial charge in [-0.1, -0.05) is 13.5 Å². The summed E-state index contributed by atoms with van der Waals surface area (Å²) in [7, 11) is 0. The number of rotatable bonds is 10. The molecule has 7 nitrogen and oxygen atoms in total. The van der Waals surface area contributed by atoms with E-state index in [1.54, 1.807) is 11.8 Å². The number of ether oxygens (including phenoxy) is 2. The second kappa shape index (κ2) is 12.1. The third-order valence-corrected chi connectivity index (χ3v) is 3.04. The molecule has 0 aromatic rings. The van der Waals surface area contributed by atoms with Crippen molar-refractivity contribution in [3.63, 3.8) is 0 Å². The van der Waals surface area contributed by atoms with Gasteiger partial charge in [0, 0.05) is 11.8 Å². The van der Waals surface area contributed by atoms with Gasteiger partial charge in [-0.2, -0.15) is 11.8 Å². The van der Waals surface area contributed by atoms with Gasteiger partial charge in [0.25, 0.3) is 0 Å². The molecule has 0 spiro atoms. The quantitative estimate of drug-likeness (QED) is 0.350. The monoisotopic (exact) mass is 318 g/mol. The third-order valence-electron chi connectivity index (χ3n) is 2.18. The molecule has 0 aromatic heterocycles. The van der Waals surface area contributed by atoms with Gasteiger partial charge in [-0.3, -0.25) is 0 Å².